The number of isocyanates is 1. The highest BCUT2D eigenvalue weighted by molar-refractivity contribution is 5.56. The summed E-state index contributed by atoms with van der Waals surface area (Å²) in [5, 5.41) is 0. The molecule has 0 radical (unpaired) electrons. The molecule has 1 heterocycles. The number of carbonyl (C=O) groups excluding carboxylic acids is 1. The van der Waals surface area contributed by atoms with E-state index in [2.05, 4.69) is 4.99 Å². The van der Waals surface area contributed by atoms with Crippen molar-refractivity contribution in [2.24, 2.45) is 4.99 Å². The quantitative estimate of drug-likeness (QED) is 0.572. The van der Waals surface area contributed by atoms with Crippen LogP contribution >= 0.6 is 0 Å². The summed E-state index contributed by atoms with van der Waals surface area (Å²) in [6, 6.07) is 5.03. The van der Waals surface area contributed by atoms with Gasteiger partial charge >= 0.3 is 0 Å². The molecule has 1 aromatic carbocycles. The highest BCUT2D eigenvalue weighted by Gasteiger charge is 2.20. The van der Waals surface area contributed by atoms with E-state index in [0.29, 0.717) is 30.4 Å². The molecule has 5 heteroatoms. The molecule has 0 amide bonds. The van der Waals surface area contributed by atoms with E-state index in [1.165, 1.54) is 6.08 Å². The first-order chi connectivity index (χ1) is 7.83. The Bertz CT molecular complexity index is 426. The van der Waals surface area contributed by atoms with Crippen molar-refractivity contribution in [2.75, 3.05) is 20.3 Å². The van der Waals surface area contributed by atoms with E-state index in [-0.39, 0.29) is 6.10 Å². The number of fused-ring (bicyclic) bond motifs is 1. The second-order valence-corrected chi connectivity index (χ2v) is 3.34. The van der Waals surface area contributed by atoms with Crippen LogP contribution in [0.1, 0.15) is 0 Å². The third-order valence-corrected chi connectivity index (χ3v) is 2.17. The lowest BCUT2D eigenvalue weighted by molar-refractivity contribution is 0.0273. The first-order valence-electron chi connectivity index (χ1n) is 4.84. The molecule has 0 saturated heterocycles. The van der Waals surface area contributed by atoms with E-state index in [1.807, 2.05) is 0 Å². The van der Waals surface area contributed by atoms with Crippen LogP contribution in [0.5, 0.6) is 11.5 Å². The van der Waals surface area contributed by atoms with E-state index in [1.54, 1.807) is 25.3 Å². The van der Waals surface area contributed by atoms with Crippen LogP contribution in [-0.4, -0.2) is 32.5 Å². The van der Waals surface area contributed by atoms with Crippen LogP contribution in [0.15, 0.2) is 23.2 Å². The van der Waals surface area contributed by atoms with Crippen LogP contribution in [0.4, 0.5) is 5.69 Å². The SMILES string of the molecule is COCC1COc2ccc(N=C=O)cc2O1. The van der Waals surface area contributed by atoms with Crippen LogP contribution in [0.3, 0.4) is 0 Å². The molecule has 0 fully saturated rings. The summed E-state index contributed by atoms with van der Waals surface area (Å²) < 4.78 is 16.1. The van der Waals surface area contributed by atoms with Gasteiger partial charge in [-0.3, -0.25) is 0 Å². The second-order valence-electron chi connectivity index (χ2n) is 3.34. The van der Waals surface area contributed by atoms with Gasteiger partial charge in [-0.25, -0.2) is 4.79 Å². The molecule has 1 aromatic rings. The number of nitrogens with zero attached hydrogens (tertiary/aromatic N) is 1. The Kier molecular flexibility index (Phi) is 3.19. The van der Waals surface area contributed by atoms with E-state index >= 15 is 0 Å². The number of ether oxygens (including phenoxy) is 3. The van der Waals surface area contributed by atoms with Crippen LogP contribution in [0.25, 0.3) is 0 Å². The Balaban J connectivity index is 2.21. The van der Waals surface area contributed by atoms with Crippen molar-refractivity contribution in [1.82, 2.24) is 0 Å². The lowest BCUT2D eigenvalue weighted by Crippen LogP contribution is -2.32. The molecule has 2 rings (SSSR count). The lowest BCUT2D eigenvalue weighted by Gasteiger charge is -2.25. The molecule has 5 nitrogen and oxygen atoms in total. The molecule has 84 valence electrons. The van der Waals surface area contributed by atoms with Crippen LogP contribution in [-0.2, 0) is 9.53 Å². The molecule has 1 aliphatic heterocycles. The van der Waals surface area contributed by atoms with Gasteiger partial charge in [-0.2, -0.15) is 4.99 Å². The minimum atomic E-state index is -0.132. The molecule has 0 aromatic heterocycles. The van der Waals surface area contributed by atoms with Crippen LogP contribution in [0, 0.1) is 0 Å². The van der Waals surface area contributed by atoms with Gasteiger partial charge in [0.25, 0.3) is 0 Å². The van der Waals surface area contributed by atoms with E-state index in [4.69, 9.17) is 14.2 Å². The van der Waals surface area contributed by atoms with Crippen molar-refractivity contribution >= 4 is 11.8 Å². The van der Waals surface area contributed by atoms with Crippen molar-refractivity contribution in [3.05, 3.63) is 18.2 Å². The molecule has 0 saturated carbocycles. The summed E-state index contributed by atoms with van der Waals surface area (Å²) in [5.74, 6) is 1.22. The molecule has 0 aliphatic carbocycles. The smallest absolute Gasteiger partial charge is 0.240 e. The van der Waals surface area contributed by atoms with Crippen molar-refractivity contribution in [3.8, 4) is 11.5 Å². The summed E-state index contributed by atoms with van der Waals surface area (Å²) in [5.41, 5.74) is 0.496. The number of benzene rings is 1. The predicted octanol–water partition coefficient (Wildman–Crippen LogP) is 1.44. The van der Waals surface area contributed by atoms with Crippen LogP contribution < -0.4 is 9.47 Å². The molecule has 0 spiro atoms. The van der Waals surface area contributed by atoms with Gasteiger partial charge in [-0.1, -0.05) is 0 Å². The van der Waals surface area contributed by atoms with Gasteiger partial charge in [0.2, 0.25) is 6.08 Å². The Morgan fingerprint density at radius 1 is 1.56 bits per heavy atom. The second kappa shape index (κ2) is 4.79. The average molecular weight is 221 g/mol. The van der Waals surface area contributed by atoms with E-state index < -0.39 is 0 Å². The molecule has 0 bridgehead atoms. The van der Waals surface area contributed by atoms with Crippen molar-refractivity contribution in [3.63, 3.8) is 0 Å². The number of methoxy groups -OCH3 is 1. The van der Waals surface area contributed by atoms with Gasteiger partial charge < -0.3 is 14.2 Å². The largest absolute Gasteiger partial charge is 0.486 e. The van der Waals surface area contributed by atoms with Gasteiger partial charge in [-0.05, 0) is 12.1 Å². The Morgan fingerprint density at radius 2 is 2.44 bits per heavy atom. The fraction of sp³-hybridized carbons (Fsp3) is 0.364. The Hall–Kier alpha value is -1.84. The van der Waals surface area contributed by atoms with Gasteiger partial charge in [0.15, 0.2) is 17.6 Å². The number of rotatable bonds is 3. The third-order valence-electron chi connectivity index (χ3n) is 2.17. The van der Waals surface area contributed by atoms with Crippen LogP contribution in [0.2, 0.25) is 0 Å². The van der Waals surface area contributed by atoms with Gasteiger partial charge in [0, 0.05) is 13.2 Å². The summed E-state index contributed by atoms with van der Waals surface area (Å²) in [7, 11) is 1.60. The van der Waals surface area contributed by atoms with Gasteiger partial charge in [0.05, 0.1) is 12.3 Å². The topological polar surface area (TPSA) is 57.1 Å². The molecule has 16 heavy (non-hydrogen) atoms. The van der Waals surface area contributed by atoms with Crippen molar-refractivity contribution < 1.29 is 19.0 Å². The maximum atomic E-state index is 10.1. The van der Waals surface area contributed by atoms with E-state index in [9.17, 15) is 4.79 Å². The fourth-order valence-electron chi connectivity index (χ4n) is 1.49. The highest BCUT2D eigenvalue weighted by atomic mass is 16.6. The first-order valence-corrected chi connectivity index (χ1v) is 4.84. The molecule has 1 aliphatic rings. The normalized spacial score (nSPS) is 17.7. The third kappa shape index (κ3) is 2.21. The molecule has 1 unspecified atom stereocenters. The predicted molar refractivity (Wildman–Crippen MR) is 56.0 cm³/mol. The Labute approximate surface area is 92.6 Å². The lowest BCUT2D eigenvalue weighted by atomic mass is 10.2. The summed E-state index contributed by atoms with van der Waals surface area (Å²) >= 11 is 0. The molecular weight excluding hydrogens is 210 g/mol. The molecular formula is C11H11NO4. The molecule has 0 N–H and O–H groups in total. The van der Waals surface area contributed by atoms with Gasteiger partial charge in [-0.15, -0.1) is 0 Å². The zero-order valence-corrected chi connectivity index (χ0v) is 8.80. The van der Waals surface area contributed by atoms with Crippen molar-refractivity contribution in [2.45, 2.75) is 6.10 Å². The maximum absolute atomic E-state index is 10.1. The maximum Gasteiger partial charge on any atom is 0.240 e. The van der Waals surface area contributed by atoms with Gasteiger partial charge in [0.1, 0.15) is 6.61 Å². The number of aliphatic imine (C=N–C) groups is 1. The monoisotopic (exact) mass is 221 g/mol. The Morgan fingerprint density at radius 3 is 3.19 bits per heavy atom. The highest BCUT2D eigenvalue weighted by Crippen LogP contribution is 2.34. The number of hydrogen-bond donors (Lipinski definition) is 0. The zero-order valence-electron chi connectivity index (χ0n) is 8.80. The minimum absolute atomic E-state index is 0.132. The van der Waals surface area contributed by atoms with E-state index in [0.717, 1.165) is 0 Å². The first kappa shape index (κ1) is 10.7. The molecule has 1 atom stereocenters. The number of hydrogen-bond acceptors (Lipinski definition) is 5. The summed E-state index contributed by atoms with van der Waals surface area (Å²) in [6.07, 6.45) is 1.35. The zero-order chi connectivity index (χ0) is 11.4. The average Bonchev–Trinajstić information content (AvgIpc) is 2.29. The van der Waals surface area contributed by atoms with Crippen molar-refractivity contribution in [1.29, 1.82) is 0 Å². The fourth-order valence-corrected chi connectivity index (χ4v) is 1.49. The summed E-state index contributed by atoms with van der Waals surface area (Å²) in [4.78, 5) is 13.6. The standard InChI is InChI=1S/C11H11NO4/c1-14-5-9-6-15-10-3-2-8(12-7-13)4-11(10)16-9/h2-4,9H,5-6H2,1H3. The summed E-state index contributed by atoms with van der Waals surface area (Å²) in [6.45, 7) is 0.914. The minimum Gasteiger partial charge on any atom is -0.486 e.